The molecule has 0 amide bonds. The van der Waals surface area contributed by atoms with Gasteiger partial charge < -0.3 is 0 Å². The molecule has 0 bridgehead atoms. The van der Waals surface area contributed by atoms with Crippen LogP contribution in [0.25, 0.3) is 33.5 Å². The van der Waals surface area contributed by atoms with Gasteiger partial charge in [-0.05, 0) is 36.4 Å². The Kier molecular flexibility index (Phi) is 4.72. The smallest absolute Gasteiger partial charge is 0.244 e. The van der Waals surface area contributed by atoms with Crippen molar-refractivity contribution < 1.29 is 26.3 Å². The molecule has 1 heterocycles. The fourth-order valence-corrected chi connectivity index (χ4v) is 3.06. The summed E-state index contributed by atoms with van der Waals surface area (Å²) < 4.78 is 78.2. The van der Waals surface area contributed by atoms with Crippen molar-refractivity contribution in [1.82, 2.24) is 9.97 Å². The Morgan fingerprint density at radius 2 is 1.03 bits per heavy atom. The topological polar surface area (TPSA) is 25.8 Å². The van der Waals surface area contributed by atoms with E-state index in [1.54, 1.807) is 24.3 Å². The third kappa shape index (κ3) is 3.85. The van der Waals surface area contributed by atoms with Gasteiger partial charge in [-0.3, -0.25) is 0 Å². The summed E-state index contributed by atoms with van der Waals surface area (Å²) in [5.74, 6) is 0. The van der Waals surface area contributed by atoms with Gasteiger partial charge in [0.15, 0.2) is 0 Å². The fourth-order valence-electron chi connectivity index (χ4n) is 3.06. The quantitative estimate of drug-likeness (QED) is 0.328. The first kappa shape index (κ1) is 19.9. The zero-order chi connectivity index (χ0) is 21.5. The third-order valence-corrected chi connectivity index (χ3v) is 4.52. The molecule has 0 spiro atoms. The van der Waals surface area contributed by atoms with E-state index in [-0.39, 0.29) is 17.0 Å². The molecule has 2 nitrogen and oxygen atoms in total. The maximum absolute atomic E-state index is 13.2. The minimum Gasteiger partial charge on any atom is -0.244 e. The Bertz CT molecular complexity index is 1210. The predicted octanol–water partition coefficient (Wildman–Crippen LogP) is 7.00. The van der Waals surface area contributed by atoms with Gasteiger partial charge in [0.2, 0.25) is 0 Å². The molecular formula is C22H12F6N2. The van der Waals surface area contributed by atoms with Crippen LogP contribution in [0.4, 0.5) is 26.3 Å². The monoisotopic (exact) mass is 418 g/mol. The second kappa shape index (κ2) is 7.12. The molecule has 0 radical (unpaired) electrons. The Hall–Kier alpha value is -3.42. The van der Waals surface area contributed by atoms with Crippen molar-refractivity contribution in [3.8, 4) is 22.5 Å². The molecule has 4 rings (SSSR count). The highest BCUT2D eigenvalue weighted by Crippen LogP contribution is 2.36. The number of fused-ring (bicyclic) bond motifs is 1. The standard InChI is InChI=1S/C22H12F6N2/c23-21(24,25)15-10-8-13(9-11-15)19-20(30-18-7-2-1-6-17(18)29-19)14-4-3-5-16(12-14)22(26,27)28/h1-12H. The SMILES string of the molecule is FC(F)(F)c1ccc(-c2nc3ccccc3nc2-c2cccc(C(F)(F)F)c2)cc1. The molecule has 1 aromatic heterocycles. The highest BCUT2D eigenvalue weighted by Gasteiger charge is 2.31. The summed E-state index contributed by atoms with van der Waals surface area (Å²) in [6, 6.07) is 15.7. The number of halogens is 6. The number of aromatic nitrogens is 2. The molecular weight excluding hydrogens is 406 g/mol. The summed E-state index contributed by atoms with van der Waals surface area (Å²) in [6.07, 6.45) is -9.05. The van der Waals surface area contributed by atoms with Crippen molar-refractivity contribution in [2.45, 2.75) is 12.4 Å². The highest BCUT2D eigenvalue weighted by atomic mass is 19.4. The van der Waals surface area contributed by atoms with Crippen molar-refractivity contribution in [1.29, 1.82) is 0 Å². The molecule has 0 unspecified atom stereocenters. The van der Waals surface area contributed by atoms with Gasteiger partial charge in [0.25, 0.3) is 0 Å². The molecule has 3 aromatic carbocycles. The molecule has 0 saturated carbocycles. The van der Waals surface area contributed by atoms with Crippen LogP contribution >= 0.6 is 0 Å². The number of para-hydroxylation sites is 2. The lowest BCUT2D eigenvalue weighted by atomic mass is 10.0. The lowest BCUT2D eigenvalue weighted by Crippen LogP contribution is -2.05. The Balaban J connectivity index is 1.93. The van der Waals surface area contributed by atoms with E-state index in [0.717, 1.165) is 24.3 Å². The van der Waals surface area contributed by atoms with E-state index in [2.05, 4.69) is 9.97 Å². The Morgan fingerprint density at radius 3 is 1.57 bits per heavy atom. The second-order valence-electron chi connectivity index (χ2n) is 6.56. The molecule has 0 aliphatic rings. The van der Waals surface area contributed by atoms with E-state index in [4.69, 9.17) is 0 Å². The van der Waals surface area contributed by atoms with Crippen LogP contribution in [0.1, 0.15) is 11.1 Å². The van der Waals surface area contributed by atoms with Crippen LogP contribution in [-0.4, -0.2) is 9.97 Å². The fraction of sp³-hybridized carbons (Fsp3) is 0.0909. The summed E-state index contributed by atoms with van der Waals surface area (Å²) in [5, 5.41) is 0. The number of hydrogen-bond donors (Lipinski definition) is 0. The van der Waals surface area contributed by atoms with Gasteiger partial charge in [-0.15, -0.1) is 0 Å². The van der Waals surface area contributed by atoms with Crippen LogP contribution in [0, 0.1) is 0 Å². The third-order valence-electron chi connectivity index (χ3n) is 4.52. The Morgan fingerprint density at radius 1 is 0.500 bits per heavy atom. The molecule has 0 atom stereocenters. The first-order chi connectivity index (χ1) is 14.1. The van der Waals surface area contributed by atoms with Crippen LogP contribution in [0.3, 0.4) is 0 Å². The summed E-state index contributed by atoms with van der Waals surface area (Å²) in [4.78, 5) is 8.94. The zero-order valence-corrected chi connectivity index (χ0v) is 15.1. The predicted molar refractivity (Wildman–Crippen MR) is 100 cm³/mol. The molecule has 4 aromatic rings. The Labute approximate surface area is 166 Å². The van der Waals surface area contributed by atoms with Gasteiger partial charge >= 0.3 is 12.4 Å². The van der Waals surface area contributed by atoms with Gasteiger partial charge in [0.05, 0.1) is 33.5 Å². The van der Waals surface area contributed by atoms with E-state index in [1.165, 1.54) is 24.3 Å². The van der Waals surface area contributed by atoms with Crippen LogP contribution in [0.15, 0.2) is 72.8 Å². The summed E-state index contributed by atoms with van der Waals surface area (Å²) in [6.45, 7) is 0. The first-order valence-corrected chi connectivity index (χ1v) is 8.75. The maximum atomic E-state index is 13.2. The number of alkyl halides is 6. The van der Waals surface area contributed by atoms with Gasteiger partial charge in [-0.25, -0.2) is 9.97 Å². The first-order valence-electron chi connectivity index (χ1n) is 8.75. The normalized spacial score (nSPS) is 12.3. The molecule has 0 N–H and O–H groups in total. The molecule has 152 valence electrons. The molecule has 0 fully saturated rings. The van der Waals surface area contributed by atoms with E-state index in [9.17, 15) is 26.3 Å². The van der Waals surface area contributed by atoms with Crippen molar-refractivity contribution in [2.24, 2.45) is 0 Å². The lowest BCUT2D eigenvalue weighted by molar-refractivity contribution is -0.138. The number of benzene rings is 3. The minimum atomic E-state index is -4.55. The van der Waals surface area contributed by atoms with Crippen molar-refractivity contribution in [3.63, 3.8) is 0 Å². The van der Waals surface area contributed by atoms with Crippen molar-refractivity contribution >= 4 is 11.0 Å². The highest BCUT2D eigenvalue weighted by molar-refractivity contribution is 5.86. The molecule has 0 aliphatic heterocycles. The van der Waals surface area contributed by atoms with E-state index >= 15 is 0 Å². The molecule has 0 saturated heterocycles. The second-order valence-corrected chi connectivity index (χ2v) is 6.56. The average molecular weight is 418 g/mol. The number of hydrogen-bond acceptors (Lipinski definition) is 2. The van der Waals surface area contributed by atoms with Gasteiger partial charge in [-0.1, -0.05) is 36.4 Å². The van der Waals surface area contributed by atoms with E-state index in [1.807, 2.05) is 0 Å². The van der Waals surface area contributed by atoms with Crippen LogP contribution in [0.2, 0.25) is 0 Å². The van der Waals surface area contributed by atoms with E-state index in [0.29, 0.717) is 16.6 Å². The number of rotatable bonds is 2. The van der Waals surface area contributed by atoms with E-state index < -0.39 is 23.5 Å². The molecule has 8 heteroatoms. The van der Waals surface area contributed by atoms with Crippen LogP contribution in [0.5, 0.6) is 0 Å². The summed E-state index contributed by atoms with van der Waals surface area (Å²) >= 11 is 0. The number of nitrogens with zero attached hydrogens (tertiary/aromatic N) is 2. The van der Waals surface area contributed by atoms with Crippen LogP contribution < -0.4 is 0 Å². The van der Waals surface area contributed by atoms with Gasteiger partial charge in [0.1, 0.15) is 0 Å². The summed E-state index contributed by atoms with van der Waals surface area (Å²) in [7, 11) is 0. The average Bonchev–Trinajstić information content (AvgIpc) is 2.72. The van der Waals surface area contributed by atoms with Crippen molar-refractivity contribution in [2.75, 3.05) is 0 Å². The zero-order valence-electron chi connectivity index (χ0n) is 15.1. The molecule has 30 heavy (non-hydrogen) atoms. The molecule has 0 aliphatic carbocycles. The maximum Gasteiger partial charge on any atom is 0.416 e. The largest absolute Gasteiger partial charge is 0.416 e. The lowest BCUT2D eigenvalue weighted by Gasteiger charge is -2.13. The van der Waals surface area contributed by atoms with Gasteiger partial charge in [0, 0.05) is 11.1 Å². The van der Waals surface area contributed by atoms with Gasteiger partial charge in [-0.2, -0.15) is 26.3 Å². The van der Waals surface area contributed by atoms with Crippen molar-refractivity contribution in [3.05, 3.63) is 83.9 Å². The van der Waals surface area contributed by atoms with Crippen LogP contribution in [-0.2, 0) is 12.4 Å². The minimum absolute atomic E-state index is 0.152. The summed E-state index contributed by atoms with van der Waals surface area (Å²) in [5.41, 5.74) is 0.0746.